The lowest BCUT2D eigenvalue weighted by atomic mass is 9.80. The van der Waals surface area contributed by atoms with Crippen molar-refractivity contribution in [2.45, 2.75) is 37.8 Å². The van der Waals surface area contributed by atoms with Gasteiger partial charge in [-0.15, -0.1) is 0 Å². The molecule has 3 heterocycles. The van der Waals surface area contributed by atoms with Gasteiger partial charge in [-0.25, -0.2) is 0 Å². The lowest BCUT2D eigenvalue weighted by molar-refractivity contribution is -0.138. The molecule has 0 bridgehead atoms. The quantitative estimate of drug-likeness (QED) is 0.695. The van der Waals surface area contributed by atoms with Crippen LogP contribution in [0.3, 0.4) is 0 Å². The second-order valence-electron chi connectivity index (χ2n) is 8.79. The average molecular weight is 417 g/mol. The fourth-order valence-electron chi connectivity index (χ4n) is 4.77. The van der Waals surface area contributed by atoms with E-state index in [1.54, 1.807) is 23.9 Å². The molecule has 2 aliphatic rings. The molecule has 0 spiro atoms. The number of amides is 1. The Hall–Kier alpha value is -2.99. The van der Waals surface area contributed by atoms with Crippen LogP contribution in [0.25, 0.3) is 10.8 Å². The molecule has 31 heavy (non-hydrogen) atoms. The number of hydrogen-bond donors (Lipinski definition) is 1. The van der Waals surface area contributed by atoms with Gasteiger partial charge in [-0.1, -0.05) is 24.3 Å². The summed E-state index contributed by atoms with van der Waals surface area (Å²) in [6.07, 6.45) is 6.59. The molecule has 5 rings (SSSR count). The van der Waals surface area contributed by atoms with Crippen LogP contribution in [-0.4, -0.2) is 39.5 Å². The van der Waals surface area contributed by atoms with E-state index in [-0.39, 0.29) is 23.3 Å². The van der Waals surface area contributed by atoms with E-state index in [9.17, 15) is 9.59 Å². The predicted molar refractivity (Wildman–Crippen MR) is 121 cm³/mol. The Labute approximate surface area is 181 Å². The summed E-state index contributed by atoms with van der Waals surface area (Å²) < 4.78 is 1.57. The standard InChI is InChI=1S/C25H28N4O2/c1-28-13-10-18(14-24(28)30)20-9-11-26-15-22(20)25(31)29(19-6-7-19)16-23-21-5-3-2-4-17(21)8-12-27-23/h2-5,8,10,12-14,19-20,22,26H,6-7,9,11,15-16H2,1H3/t20-,22+/m1/s1. The number of piperidine rings is 1. The Morgan fingerprint density at radius 3 is 2.84 bits per heavy atom. The number of carbonyl (C=O) groups is 1. The Bertz CT molecular complexity index is 1160. The molecular weight excluding hydrogens is 388 g/mol. The monoisotopic (exact) mass is 416 g/mol. The number of fused-ring (bicyclic) bond motifs is 1. The number of rotatable bonds is 5. The van der Waals surface area contributed by atoms with E-state index >= 15 is 0 Å². The molecule has 1 aliphatic heterocycles. The first-order chi connectivity index (χ1) is 15.1. The van der Waals surface area contributed by atoms with E-state index in [4.69, 9.17) is 0 Å². The van der Waals surface area contributed by atoms with Crippen molar-refractivity contribution in [3.63, 3.8) is 0 Å². The SMILES string of the molecule is Cn1ccc([C@H]2CCNC[C@@H]2C(=O)N(Cc2nccc3ccccc23)C2CC2)cc1=O. The minimum Gasteiger partial charge on any atom is -0.333 e. The smallest absolute Gasteiger partial charge is 0.250 e. The fourth-order valence-corrected chi connectivity index (χ4v) is 4.77. The average Bonchev–Trinajstić information content (AvgIpc) is 3.64. The molecule has 1 saturated carbocycles. The van der Waals surface area contributed by atoms with Crippen molar-refractivity contribution in [2.24, 2.45) is 13.0 Å². The van der Waals surface area contributed by atoms with Crippen LogP contribution in [-0.2, 0) is 18.4 Å². The molecule has 1 amide bonds. The van der Waals surface area contributed by atoms with Gasteiger partial charge in [0.15, 0.2) is 0 Å². The van der Waals surface area contributed by atoms with E-state index in [1.807, 2.05) is 35.4 Å². The first-order valence-electron chi connectivity index (χ1n) is 11.1. The maximum absolute atomic E-state index is 13.8. The van der Waals surface area contributed by atoms with Gasteiger partial charge in [-0.05, 0) is 54.8 Å². The van der Waals surface area contributed by atoms with Gasteiger partial charge in [-0.2, -0.15) is 0 Å². The van der Waals surface area contributed by atoms with Crippen molar-refractivity contribution in [1.82, 2.24) is 19.8 Å². The van der Waals surface area contributed by atoms with Gasteiger partial charge >= 0.3 is 0 Å². The van der Waals surface area contributed by atoms with Gasteiger partial charge in [0.25, 0.3) is 5.56 Å². The van der Waals surface area contributed by atoms with E-state index < -0.39 is 0 Å². The van der Waals surface area contributed by atoms with Crippen LogP contribution in [0, 0.1) is 5.92 Å². The van der Waals surface area contributed by atoms with Gasteiger partial charge in [0.05, 0.1) is 18.2 Å². The lowest BCUT2D eigenvalue weighted by Crippen LogP contribution is -2.47. The van der Waals surface area contributed by atoms with E-state index in [1.165, 1.54) is 0 Å². The number of aromatic nitrogens is 2. The summed E-state index contributed by atoms with van der Waals surface area (Å²) in [7, 11) is 1.75. The van der Waals surface area contributed by atoms with Crippen LogP contribution in [0.4, 0.5) is 0 Å². The van der Waals surface area contributed by atoms with Crippen molar-refractivity contribution >= 4 is 16.7 Å². The molecule has 160 valence electrons. The number of benzene rings is 1. The highest BCUT2D eigenvalue weighted by molar-refractivity contribution is 5.85. The van der Waals surface area contributed by atoms with Crippen LogP contribution in [0.1, 0.15) is 36.4 Å². The number of pyridine rings is 2. The van der Waals surface area contributed by atoms with Crippen molar-refractivity contribution in [3.05, 3.63) is 76.5 Å². The van der Waals surface area contributed by atoms with E-state index in [0.29, 0.717) is 19.1 Å². The van der Waals surface area contributed by atoms with Crippen LogP contribution < -0.4 is 10.9 Å². The van der Waals surface area contributed by atoms with Crippen molar-refractivity contribution in [2.75, 3.05) is 13.1 Å². The molecular formula is C25H28N4O2. The molecule has 2 aromatic heterocycles. The minimum atomic E-state index is -0.170. The zero-order chi connectivity index (χ0) is 21.4. The summed E-state index contributed by atoms with van der Waals surface area (Å²) in [6.45, 7) is 2.04. The van der Waals surface area contributed by atoms with Crippen LogP contribution in [0.5, 0.6) is 0 Å². The highest BCUT2D eigenvalue weighted by Crippen LogP contribution is 2.36. The molecule has 1 aliphatic carbocycles. The second-order valence-corrected chi connectivity index (χ2v) is 8.79. The summed E-state index contributed by atoms with van der Waals surface area (Å²) in [5, 5.41) is 5.65. The van der Waals surface area contributed by atoms with Crippen LogP contribution in [0.2, 0.25) is 0 Å². The Morgan fingerprint density at radius 1 is 1.19 bits per heavy atom. The Morgan fingerprint density at radius 2 is 2.03 bits per heavy atom. The first-order valence-corrected chi connectivity index (χ1v) is 11.1. The molecule has 0 unspecified atom stereocenters. The summed E-state index contributed by atoms with van der Waals surface area (Å²) in [5.74, 6) is 0.0657. The van der Waals surface area contributed by atoms with Gasteiger partial charge < -0.3 is 14.8 Å². The second kappa shape index (κ2) is 8.27. The third-order valence-corrected chi connectivity index (χ3v) is 6.70. The summed E-state index contributed by atoms with van der Waals surface area (Å²) in [4.78, 5) is 32.7. The van der Waals surface area contributed by atoms with Gasteiger partial charge in [0.1, 0.15) is 0 Å². The maximum atomic E-state index is 13.8. The number of nitrogens with zero attached hydrogens (tertiary/aromatic N) is 3. The molecule has 2 atom stereocenters. The summed E-state index contributed by atoms with van der Waals surface area (Å²) in [6, 6.07) is 14.2. The first kappa shape index (κ1) is 19.9. The highest BCUT2D eigenvalue weighted by atomic mass is 16.2. The number of hydrogen-bond acceptors (Lipinski definition) is 4. The molecule has 6 heteroatoms. The molecule has 1 saturated heterocycles. The third-order valence-electron chi connectivity index (χ3n) is 6.70. The molecule has 6 nitrogen and oxygen atoms in total. The summed E-state index contributed by atoms with van der Waals surface area (Å²) in [5.41, 5.74) is 1.90. The topological polar surface area (TPSA) is 67.2 Å². The van der Waals surface area contributed by atoms with E-state index in [2.05, 4.69) is 22.4 Å². The van der Waals surface area contributed by atoms with Gasteiger partial charge in [0.2, 0.25) is 5.91 Å². The lowest BCUT2D eigenvalue weighted by Gasteiger charge is -2.35. The number of nitrogens with one attached hydrogen (secondary N) is 1. The highest BCUT2D eigenvalue weighted by Gasteiger charge is 2.40. The van der Waals surface area contributed by atoms with Crippen molar-refractivity contribution in [3.8, 4) is 0 Å². The molecule has 1 aromatic carbocycles. The van der Waals surface area contributed by atoms with Crippen LogP contribution >= 0.6 is 0 Å². The molecule has 3 aromatic rings. The zero-order valence-electron chi connectivity index (χ0n) is 17.8. The van der Waals surface area contributed by atoms with Crippen molar-refractivity contribution < 1.29 is 4.79 Å². The largest absolute Gasteiger partial charge is 0.333 e. The van der Waals surface area contributed by atoms with Gasteiger partial charge in [-0.3, -0.25) is 14.6 Å². The summed E-state index contributed by atoms with van der Waals surface area (Å²) >= 11 is 0. The fraction of sp³-hybridized carbons (Fsp3) is 0.400. The third kappa shape index (κ3) is 4.00. The molecule has 1 N–H and O–H groups in total. The van der Waals surface area contributed by atoms with E-state index in [0.717, 1.165) is 47.8 Å². The zero-order valence-corrected chi connectivity index (χ0v) is 17.8. The maximum Gasteiger partial charge on any atom is 0.250 e. The van der Waals surface area contributed by atoms with Crippen LogP contribution in [0.15, 0.2) is 59.7 Å². The Kier molecular flexibility index (Phi) is 5.32. The number of carbonyl (C=O) groups excluding carboxylic acids is 1. The van der Waals surface area contributed by atoms with Crippen molar-refractivity contribution in [1.29, 1.82) is 0 Å². The molecule has 2 fully saturated rings. The predicted octanol–water partition coefficient (Wildman–Crippen LogP) is 2.82. The van der Waals surface area contributed by atoms with Gasteiger partial charge in [0, 0.05) is 43.5 Å². The molecule has 0 radical (unpaired) electrons. The minimum absolute atomic E-state index is 0.0266. The Balaban J connectivity index is 1.45. The number of aryl methyl sites for hydroxylation is 1. The normalized spacial score (nSPS) is 21.2.